The second-order valence-corrected chi connectivity index (χ2v) is 7.87. The van der Waals surface area contributed by atoms with Crippen molar-refractivity contribution in [2.24, 2.45) is 0 Å². The number of nitrogens with zero attached hydrogens (tertiary/aromatic N) is 5. The predicted octanol–water partition coefficient (Wildman–Crippen LogP) is 1.33. The van der Waals surface area contributed by atoms with Crippen LogP contribution in [0, 0.1) is 0 Å². The zero-order chi connectivity index (χ0) is 20.0. The fourth-order valence-electron chi connectivity index (χ4n) is 4.25. The molecule has 1 N–H and O–H groups in total. The first-order chi connectivity index (χ1) is 14.1. The van der Waals surface area contributed by atoms with Crippen LogP contribution in [0.25, 0.3) is 10.8 Å². The molecule has 1 atom stereocenters. The van der Waals surface area contributed by atoms with E-state index in [0.717, 1.165) is 37.4 Å². The van der Waals surface area contributed by atoms with Gasteiger partial charge in [-0.15, -0.1) is 0 Å². The van der Waals surface area contributed by atoms with Gasteiger partial charge in [0.05, 0.1) is 5.39 Å². The number of rotatable bonds is 2. The van der Waals surface area contributed by atoms with Crippen molar-refractivity contribution in [2.75, 3.05) is 26.7 Å². The highest BCUT2D eigenvalue weighted by atomic mass is 16.2. The Morgan fingerprint density at radius 2 is 2.03 bits per heavy atom. The molecule has 148 valence electrons. The third kappa shape index (κ3) is 3.19. The van der Waals surface area contributed by atoms with Gasteiger partial charge in [-0.1, -0.05) is 18.2 Å². The van der Waals surface area contributed by atoms with E-state index in [0.29, 0.717) is 23.9 Å². The van der Waals surface area contributed by atoms with Gasteiger partial charge in [0.2, 0.25) is 0 Å². The molecule has 1 saturated heterocycles. The van der Waals surface area contributed by atoms with Gasteiger partial charge in [0, 0.05) is 61.4 Å². The van der Waals surface area contributed by atoms with Crippen LogP contribution in [0.1, 0.15) is 39.9 Å². The van der Waals surface area contributed by atoms with Gasteiger partial charge in [0.15, 0.2) is 5.69 Å². The zero-order valence-electron chi connectivity index (χ0n) is 16.3. The minimum atomic E-state index is -0.287. The first-order valence-corrected chi connectivity index (χ1v) is 9.90. The molecule has 0 spiro atoms. The molecule has 0 aliphatic carbocycles. The van der Waals surface area contributed by atoms with E-state index in [1.54, 1.807) is 23.1 Å². The van der Waals surface area contributed by atoms with Crippen molar-refractivity contribution in [3.8, 4) is 0 Å². The van der Waals surface area contributed by atoms with Crippen LogP contribution in [0.15, 0.2) is 35.3 Å². The lowest BCUT2D eigenvalue weighted by molar-refractivity contribution is 0.0785. The van der Waals surface area contributed by atoms with Gasteiger partial charge < -0.3 is 9.80 Å². The molecule has 0 unspecified atom stereocenters. The Hall–Kier alpha value is -3.13. The summed E-state index contributed by atoms with van der Waals surface area (Å²) in [6.45, 7) is 3.08. The summed E-state index contributed by atoms with van der Waals surface area (Å²) in [6, 6.07) is 7.06. The molecular formula is C21H22N6O2. The number of aromatic amines is 1. The van der Waals surface area contributed by atoms with E-state index >= 15 is 0 Å². The van der Waals surface area contributed by atoms with Crippen LogP contribution >= 0.6 is 0 Å². The van der Waals surface area contributed by atoms with Crippen molar-refractivity contribution < 1.29 is 4.79 Å². The Morgan fingerprint density at radius 3 is 2.90 bits per heavy atom. The van der Waals surface area contributed by atoms with Crippen LogP contribution in [-0.2, 0) is 13.0 Å². The van der Waals surface area contributed by atoms with E-state index in [4.69, 9.17) is 4.98 Å². The molecule has 1 aromatic carbocycles. The molecule has 8 nitrogen and oxygen atoms in total. The lowest BCUT2D eigenvalue weighted by Gasteiger charge is -2.24. The highest BCUT2D eigenvalue weighted by Gasteiger charge is 2.32. The van der Waals surface area contributed by atoms with E-state index < -0.39 is 0 Å². The lowest BCUT2D eigenvalue weighted by atomic mass is 10.1. The van der Waals surface area contributed by atoms with E-state index in [1.165, 1.54) is 5.56 Å². The normalized spacial score (nSPS) is 19.5. The Morgan fingerprint density at radius 1 is 1.21 bits per heavy atom. The molecule has 1 amide bonds. The average molecular weight is 390 g/mol. The van der Waals surface area contributed by atoms with E-state index in [-0.39, 0.29) is 23.1 Å². The number of nitrogens with one attached hydrogen (secondary N) is 1. The highest BCUT2D eigenvalue weighted by Crippen LogP contribution is 2.28. The number of likely N-dealkylation sites (tertiary alicyclic amines) is 1. The van der Waals surface area contributed by atoms with Gasteiger partial charge in [0.1, 0.15) is 5.82 Å². The first-order valence-electron chi connectivity index (χ1n) is 9.90. The van der Waals surface area contributed by atoms with E-state index in [9.17, 15) is 9.59 Å². The summed E-state index contributed by atoms with van der Waals surface area (Å²) in [4.78, 5) is 38.6. The van der Waals surface area contributed by atoms with Crippen LogP contribution in [-0.4, -0.2) is 62.6 Å². The summed E-state index contributed by atoms with van der Waals surface area (Å²) in [5.41, 5.74) is 2.32. The van der Waals surface area contributed by atoms with Gasteiger partial charge in [0.25, 0.3) is 11.5 Å². The van der Waals surface area contributed by atoms with Crippen molar-refractivity contribution in [2.45, 2.75) is 25.3 Å². The minimum absolute atomic E-state index is 0.123. The SMILES string of the molecule is CN1CCc2nc([C@@H]3CCN(C(=O)c4n[nH]c(=O)c5ccccc45)C3)ncc2C1. The first kappa shape index (κ1) is 17.9. The van der Waals surface area contributed by atoms with Crippen molar-refractivity contribution >= 4 is 16.7 Å². The quantitative estimate of drug-likeness (QED) is 0.709. The van der Waals surface area contributed by atoms with Gasteiger partial charge >= 0.3 is 0 Å². The lowest BCUT2D eigenvalue weighted by Crippen LogP contribution is -2.31. The molecule has 2 aliphatic rings. The molecule has 8 heteroatoms. The molecule has 0 radical (unpaired) electrons. The average Bonchev–Trinajstić information content (AvgIpc) is 3.24. The number of H-pyrrole nitrogens is 1. The number of hydrogen-bond donors (Lipinski definition) is 1. The topological polar surface area (TPSA) is 95.1 Å². The van der Waals surface area contributed by atoms with E-state index in [2.05, 4.69) is 27.1 Å². The van der Waals surface area contributed by atoms with Gasteiger partial charge in [-0.05, 0) is 19.5 Å². The molecule has 1 fully saturated rings. The second-order valence-electron chi connectivity index (χ2n) is 7.87. The molecule has 5 rings (SSSR count). The standard InChI is InChI=1S/C21H22N6O2/c1-26-8-7-17-14(11-26)10-22-19(23-17)13-6-9-27(12-13)21(29)18-15-4-2-3-5-16(15)20(28)25-24-18/h2-5,10,13H,6-9,11-12H2,1H3,(H,25,28)/t13-/m1/s1. The largest absolute Gasteiger partial charge is 0.336 e. The summed E-state index contributed by atoms with van der Waals surface area (Å²) >= 11 is 0. The fourth-order valence-corrected chi connectivity index (χ4v) is 4.25. The Labute approximate surface area is 167 Å². The monoisotopic (exact) mass is 390 g/mol. The third-order valence-corrected chi connectivity index (χ3v) is 5.88. The van der Waals surface area contributed by atoms with Crippen LogP contribution in [0.3, 0.4) is 0 Å². The summed E-state index contributed by atoms with van der Waals surface area (Å²) < 4.78 is 0. The Bertz CT molecular complexity index is 1160. The maximum Gasteiger partial charge on any atom is 0.274 e. The van der Waals surface area contributed by atoms with Gasteiger partial charge in [-0.3, -0.25) is 9.59 Å². The molecule has 3 aromatic rings. The Kier molecular flexibility index (Phi) is 4.35. The van der Waals surface area contributed by atoms with Gasteiger partial charge in [-0.25, -0.2) is 15.1 Å². The van der Waals surface area contributed by atoms with E-state index in [1.807, 2.05) is 12.3 Å². The van der Waals surface area contributed by atoms with Crippen molar-refractivity contribution in [3.05, 3.63) is 63.6 Å². The van der Waals surface area contributed by atoms with Crippen LogP contribution in [0.5, 0.6) is 0 Å². The van der Waals surface area contributed by atoms with Crippen LogP contribution in [0.4, 0.5) is 0 Å². The second kappa shape index (κ2) is 7.04. The number of carbonyl (C=O) groups is 1. The molecule has 4 heterocycles. The van der Waals surface area contributed by atoms with Crippen molar-refractivity contribution in [1.82, 2.24) is 30.0 Å². The minimum Gasteiger partial charge on any atom is -0.336 e. The maximum absolute atomic E-state index is 13.1. The summed E-state index contributed by atoms with van der Waals surface area (Å²) in [5.74, 6) is 0.778. The van der Waals surface area contributed by atoms with Gasteiger partial charge in [-0.2, -0.15) is 5.10 Å². The fraction of sp³-hybridized carbons (Fsp3) is 0.381. The highest BCUT2D eigenvalue weighted by molar-refractivity contribution is 6.04. The molecular weight excluding hydrogens is 368 g/mol. The molecule has 2 aliphatic heterocycles. The number of amides is 1. The molecule has 0 bridgehead atoms. The number of hydrogen-bond acceptors (Lipinski definition) is 6. The number of fused-ring (bicyclic) bond motifs is 2. The third-order valence-electron chi connectivity index (χ3n) is 5.88. The predicted molar refractivity (Wildman–Crippen MR) is 108 cm³/mol. The summed E-state index contributed by atoms with van der Waals surface area (Å²) in [6.07, 6.45) is 3.70. The summed E-state index contributed by atoms with van der Waals surface area (Å²) in [7, 11) is 2.10. The number of benzene rings is 1. The molecule has 0 saturated carbocycles. The van der Waals surface area contributed by atoms with Crippen molar-refractivity contribution in [3.63, 3.8) is 0 Å². The van der Waals surface area contributed by atoms with Crippen LogP contribution < -0.4 is 5.56 Å². The number of carbonyl (C=O) groups excluding carboxylic acids is 1. The maximum atomic E-state index is 13.1. The number of aromatic nitrogens is 4. The number of likely N-dealkylation sites (N-methyl/N-ethyl adjacent to an activating group) is 1. The molecule has 29 heavy (non-hydrogen) atoms. The molecule has 2 aromatic heterocycles. The Balaban J connectivity index is 1.38. The smallest absolute Gasteiger partial charge is 0.274 e. The zero-order valence-corrected chi connectivity index (χ0v) is 16.3. The van der Waals surface area contributed by atoms with Crippen molar-refractivity contribution in [1.29, 1.82) is 0 Å². The van der Waals surface area contributed by atoms with Crippen LogP contribution in [0.2, 0.25) is 0 Å². The summed E-state index contributed by atoms with van der Waals surface area (Å²) in [5, 5.41) is 7.55.